The molecule has 0 atom stereocenters. The van der Waals surface area contributed by atoms with Gasteiger partial charge >= 0.3 is 5.97 Å². The summed E-state index contributed by atoms with van der Waals surface area (Å²) in [7, 11) is 1.64. The Morgan fingerprint density at radius 2 is 1.76 bits per heavy atom. The molecule has 2 N–H and O–H groups in total. The van der Waals surface area contributed by atoms with Crippen LogP contribution in [0.2, 0.25) is 0 Å². The van der Waals surface area contributed by atoms with E-state index in [1.54, 1.807) is 7.05 Å². The Labute approximate surface area is 102 Å². The summed E-state index contributed by atoms with van der Waals surface area (Å²) in [6, 6.07) is 0.281. The van der Waals surface area contributed by atoms with Gasteiger partial charge in [0.2, 0.25) is 5.91 Å². The molecular formula is C12H22N2O3. The first-order chi connectivity index (χ1) is 8.08. The van der Waals surface area contributed by atoms with Gasteiger partial charge in [0, 0.05) is 6.04 Å². The SMILES string of the molecule is CN(CC(=O)O)CC(=O)NC1CCCCCC1. The van der Waals surface area contributed by atoms with Crippen LogP contribution < -0.4 is 5.32 Å². The topological polar surface area (TPSA) is 69.6 Å². The van der Waals surface area contributed by atoms with Crippen LogP contribution in [0.1, 0.15) is 38.5 Å². The zero-order valence-corrected chi connectivity index (χ0v) is 10.4. The molecule has 0 unspecified atom stereocenters. The lowest BCUT2D eigenvalue weighted by Gasteiger charge is -2.19. The van der Waals surface area contributed by atoms with Gasteiger partial charge in [0.15, 0.2) is 0 Å². The number of carboxylic acids is 1. The number of aliphatic carboxylic acids is 1. The van der Waals surface area contributed by atoms with E-state index in [0.29, 0.717) is 0 Å². The third kappa shape index (κ3) is 6.26. The predicted molar refractivity (Wildman–Crippen MR) is 64.8 cm³/mol. The van der Waals surface area contributed by atoms with Crippen molar-refractivity contribution in [1.82, 2.24) is 10.2 Å². The van der Waals surface area contributed by atoms with Gasteiger partial charge in [-0.2, -0.15) is 0 Å². The third-order valence-electron chi connectivity index (χ3n) is 3.04. The van der Waals surface area contributed by atoms with Crippen LogP contribution in [0.4, 0.5) is 0 Å². The molecule has 0 heterocycles. The summed E-state index contributed by atoms with van der Waals surface area (Å²) in [5, 5.41) is 11.6. The van der Waals surface area contributed by atoms with Gasteiger partial charge in [-0.25, -0.2) is 0 Å². The van der Waals surface area contributed by atoms with E-state index >= 15 is 0 Å². The Bertz CT molecular complexity index is 260. The van der Waals surface area contributed by atoms with Crippen LogP contribution in [-0.2, 0) is 9.59 Å². The molecule has 0 saturated heterocycles. The van der Waals surface area contributed by atoms with Gasteiger partial charge in [-0.15, -0.1) is 0 Å². The monoisotopic (exact) mass is 242 g/mol. The molecule has 1 aliphatic carbocycles. The molecule has 17 heavy (non-hydrogen) atoms. The van der Waals surface area contributed by atoms with E-state index in [4.69, 9.17) is 5.11 Å². The highest BCUT2D eigenvalue weighted by Crippen LogP contribution is 2.16. The molecule has 0 aromatic rings. The van der Waals surface area contributed by atoms with Gasteiger partial charge in [-0.05, 0) is 19.9 Å². The summed E-state index contributed by atoms with van der Waals surface area (Å²) in [6.07, 6.45) is 6.96. The van der Waals surface area contributed by atoms with Crippen LogP contribution in [0.25, 0.3) is 0 Å². The summed E-state index contributed by atoms with van der Waals surface area (Å²) >= 11 is 0. The second-order valence-corrected chi connectivity index (χ2v) is 4.82. The van der Waals surface area contributed by atoms with E-state index in [0.717, 1.165) is 12.8 Å². The molecule has 0 aliphatic heterocycles. The number of carboxylic acid groups (broad SMARTS) is 1. The Hall–Kier alpha value is -1.10. The molecule has 98 valence electrons. The second-order valence-electron chi connectivity index (χ2n) is 4.82. The minimum Gasteiger partial charge on any atom is -0.480 e. The molecule has 0 spiro atoms. The highest BCUT2D eigenvalue weighted by molar-refractivity contribution is 5.79. The van der Waals surface area contributed by atoms with Crippen molar-refractivity contribution in [2.45, 2.75) is 44.6 Å². The number of nitrogens with zero attached hydrogens (tertiary/aromatic N) is 1. The number of nitrogens with one attached hydrogen (secondary N) is 1. The van der Waals surface area contributed by atoms with E-state index in [9.17, 15) is 9.59 Å². The Kier molecular flexibility index (Phi) is 5.97. The minimum atomic E-state index is -0.908. The fourth-order valence-electron chi connectivity index (χ4n) is 2.23. The number of hydrogen-bond acceptors (Lipinski definition) is 3. The summed E-state index contributed by atoms with van der Waals surface area (Å²) in [6.45, 7) is 0.0564. The fraction of sp³-hybridized carbons (Fsp3) is 0.833. The fourth-order valence-corrected chi connectivity index (χ4v) is 2.23. The quantitative estimate of drug-likeness (QED) is 0.701. The number of amides is 1. The molecule has 0 aromatic heterocycles. The van der Waals surface area contributed by atoms with Crippen LogP contribution in [0.15, 0.2) is 0 Å². The molecule has 1 rings (SSSR count). The average molecular weight is 242 g/mol. The normalized spacial score (nSPS) is 17.8. The van der Waals surface area contributed by atoms with Gasteiger partial charge in [0.25, 0.3) is 0 Å². The Morgan fingerprint density at radius 1 is 1.18 bits per heavy atom. The van der Waals surface area contributed by atoms with E-state index in [1.165, 1.54) is 30.6 Å². The highest BCUT2D eigenvalue weighted by atomic mass is 16.4. The number of carbonyl (C=O) groups excluding carboxylic acids is 1. The van der Waals surface area contributed by atoms with Gasteiger partial charge in [0.05, 0.1) is 13.1 Å². The maximum Gasteiger partial charge on any atom is 0.317 e. The molecule has 5 nitrogen and oxygen atoms in total. The van der Waals surface area contributed by atoms with Crippen molar-refractivity contribution >= 4 is 11.9 Å². The largest absolute Gasteiger partial charge is 0.480 e. The first-order valence-electron chi connectivity index (χ1n) is 6.27. The smallest absolute Gasteiger partial charge is 0.317 e. The predicted octanol–water partition coefficient (Wildman–Crippen LogP) is 0.842. The average Bonchev–Trinajstić information content (AvgIpc) is 2.44. The molecule has 1 saturated carbocycles. The first kappa shape index (κ1) is 14.0. The zero-order valence-electron chi connectivity index (χ0n) is 10.4. The molecular weight excluding hydrogens is 220 g/mol. The summed E-state index contributed by atoms with van der Waals surface area (Å²) < 4.78 is 0. The van der Waals surface area contributed by atoms with Crippen LogP contribution in [0, 0.1) is 0 Å². The molecule has 5 heteroatoms. The highest BCUT2D eigenvalue weighted by Gasteiger charge is 2.16. The molecule has 0 bridgehead atoms. The lowest BCUT2D eigenvalue weighted by atomic mass is 10.1. The van der Waals surface area contributed by atoms with Crippen molar-refractivity contribution in [3.05, 3.63) is 0 Å². The van der Waals surface area contributed by atoms with E-state index < -0.39 is 5.97 Å². The van der Waals surface area contributed by atoms with Crippen molar-refractivity contribution in [2.75, 3.05) is 20.1 Å². The van der Waals surface area contributed by atoms with Gasteiger partial charge < -0.3 is 10.4 Å². The van der Waals surface area contributed by atoms with Gasteiger partial charge in [0.1, 0.15) is 0 Å². The van der Waals surface area contributed by atoms with E-state index in [2.05, 4.69) is 5.32 Å². The minimum absolute atomic E-state index is 0.0688. The number of rotatable bonds is 5. The van der Waals surface area contributed by atoms with Crippen LogP contribution >= 0.6 is 0 Å². The number of carbonyl (C=O) groups is 2. The summed E-state index contributed by atoms with van der Waals surface area (Å²) in [5.41, 5.74) is 0. The maximum absolute atomic E-state index is 11.7. The van der Waals surface area contributed by atoms with Gasteiger partial charge in [-0.3, -0.25) is 14.5 Å². The summed E-state index contributed by atoms with van der Waals surface area (Å²) in [4.78, 5) is 23.6. The molecule has 1 fully saturated rings. The standard InChI is InChI=1S/C12H22N2O3/c1-14(9-12(16)17)8-11(15)13-10-6-4-2-3-5-7-10/h10H,2-9H2,1H3,(H,13,15)(H,16,17). The molecule has 1 amide bonds. The van der Waals surface area contributed by atoms with Gasteiger partial charge in [-0.1, -0.05) is 25.7 Å². The van der Waals surface area contributed by atoms with Crippen molar-refractivity contribution in [3.8, 4) is 0 Å². The van der Waals surface area contributed by atoms with E-state index in [-0.39, 0.29) is 25.0 Å². The van der Waals surface area contributed by atoms with Crippen molar-refractivity contribution < 1.29 is 14.7 Å². The first-order valence-corrected chi connectivity index (χ1v) is 6.27. The molecule has 1 aliphatic rings. The Balaban J connectivity index is 2.25. The molecule has 0 radical (unpaired) electrons. The second kappa shape index (κ2) is 7.27. The molecule has 0 aromatic carbocycles. The summed E-state index contributed by atoms with van der Waals surface area (Å²) in [5.74, 6) is -0.976. The number of likely N-dealkylation sites (N-methyl/N-ethyl adjacent to an activating group) is 1. The van der Waals surface area contributed by atoms with E-state index in [1.807, 2.05) is 0 Å². The van der Waals surface area contributed by atoms with Crippen molar-refractivity contribution in [1.29, 1.82) is 0 Å². The zero-order chi connectivity index (χ0) is 12.7. The van der Waals surface area contributed by atoms with Crippen LogP contribution in [0.3, 0.4) is 0 Å². The maximum atomic E-state index is 11.7. The van der Waals surface area contributed by atoms with Crippen molar-refractivity contribution in [2.24, 2.45) is 0 Å². The third-order valence-corrected chi connectivity index (χ3v) is 3.04. The lowest BCUT2D eigenvalue weighted by Crippen LogP contribution is -2.42. The Morgan fingerprint density at radius 3 is 2.29 bits per heavy atom. The van der Waals surface area contributed by atoms with Crippen LogP contribution in [-0.4, -0.2) is 48.1 Å². The number of hydrogen-bond donors (Lipinski definition) is 2. The van der Waals surface area contributed by atoms with Crippen LogP contribution in [0.5, 0.6) is 0 Å². The lowest BCUT2D eigenvalue weighted by molar-refractivity contribution is -0.138. The van der Waals surface area contributed by atoms with Crippen molar-refractivity contribution in [3.63, 3.8) is 0 Å².